The topological polar surface area (TPSA) is 0 Å². The first kappa shape index (κ1) is 17.4. The van der Waals surface area contributed by atoms with Gasteiger partial charge in [-0.3, -0.25) is 0 Å². The molecule has 0 heterocycles. The van der Waals surface area contributed by atoms with Gasteiger partial charge in [0, 0.05) is 5.92 Å². The highest BCUT2D eigenvalue weighted by Crippen LogP contribution is 2.30. The third kappa shape index (κ3) is 6.19. The van der Waals surface area contributed by atoms with Crippen LogP contribution in [0.5, 0.6) is 0 Å². The van der Waals surface area contributed by atoms with Crippen LogP contribution < -0.4 is 0 Å². The number of benzene rings is 1. The average molecular weight is 260 g/mol. The molecule has 1 atom stereocenters. The zero-order chi connectivity index (χ0) is 14.8. The van der Waals surface area contributed by atoms with Crippen LogP contribution in [0.2, 0.25) is 0 Å². The summed E-state index contributed by atoms with van der Waals surface area (Å²) in [4.78, 5) is 0. The molecule has 0 aliphatic rings. The molecule has 0 amide bonds. The molecule has 0 fully saturated rings. The summed E-state index contributed by atoms with van der Waals surface area (Å²) in [5.74, 6) is -0.0318. The summed E-state index contributed by atoms with van der Waals surface area (Å²) in [6, 6.07) is 5.40. The smallest absolute Gasteiger partial charge is 0.127 e. The van der Waals surface area contributed by atoms with Crippen LogP contribution in [-0.4, -0.2) is 0 Å². The van der Waals surface area contributed by atoms with Crippen molar-refractivity contribution in [1.82, 2.24) is 0 Å². The Morgan fingerprint density at radius 3 is 2.37 bits per heavy atom. The highest BCUT2D eigenvalue weighted by molar-refractivity contribution is 5.31. The maximum Gasteiger partial charge on any atom is 0.127 e. The fourth-order valence-electron chi connectivity index (χ4n) is 1.87. The third-order valence-electron chi connectivity index (χ3n) is 2.79. The summed E-state index contributed by atoms with van der Waals surface area (Å²) in [7, 11) is 0. The van der Waals surface area contributed by atoms with Gasteiger partial charge in [-0.1, -0.05) is 36.4 Å². The highest BCUT2D eigenvalue weighted by atomic mass is 19.1. The van der Waals surface area contributed by atoms with E-state index in [9.17, 15) is 4.39 Å². The minimum atomic E-state index is -0.128. The van der Waals surface area contributed by atoms with E-state index in [1.807, 2.05) is 39.0 Å². The molecule has 1 heteroatoms. The zero-order valence-corrected chi connectivity index (χ0v) is 12.4. The molecule has 1 aromatic carbocycles. The van der Waals surface area contributed by atoms with E-state index in [1.54, 1.807) is 12.1 Å². The van der Waals surface area contributed by atoms with E-state index in [0.717, 1.165) is 29.5 Å². The van der Waals surface area contributed by atoms with Gasteiger partial charge < -0.3 is 0 Å². The molecule has 1 rings (SSSR count). The van der Waals surface area contributed by atoms with Gasteiger partial charge in [-0.15, -0.1) is 13.2 Å². The summed E-state index contributed by atoms with van der Waals surface area (Å²) in [6.07, 6.45) is 5.37. The van der Waals surface area contributed by atoms with Gasteiger partial charge in [-0.05, 0) is 50.8 Å². The van der Waals surface area contributed by atoms with Crippen molar-refractivity contribution in [2.24, 2.45) is 0 Å². The lowest BCUT2D eigenvalue weighted by atomic mass is 9.88. The third-order valence-corrected chi connectivity index (χ3v) is 2.79. The first-order valence-corrected chi connectivity index (χ1v) is 6.57. The van der Waals surface area contributed by atoms with Gasteiger partial charge >= 0.3 is 0 Å². The minimum Gasteiger partial charge on any atom is -0.207 e. The zero-order valence-electron chi connectivity index (χ0n) is 12.4. The second-order valence-electron chi connectivity index (χ2n) is 4.70. The van der Waals surface area contributed by atoms with Crippen LogP contribution >= 0.6 is 0 Å². The molecule has 0 saturated carbocycles. The summed E-state index contributed by atoms with van der Waals surface area (Å²) in [5.41, 5.74) is 2.70. The molecule has 0 bridgehead atoms. The Balaban J connectivity index is 0.000000982. The quantitative estimate of drug-likeness (QED) is 0.574. The van der Waals surface area contributed by atoms with Gasteiger partial charge in [0.1, 0.15) is 5.82 Å². The summed E-state index contributed by atoms with van der Waals surface area (Å²) in [6.45, 7) is 16.7. The van der Waals surface area contributed by atoms with E-state index in [2.05, 4.69) is 19.7 Å². The van der Waals surface area contributed by atoms with E-state index in [1.165, 1.54) is 0 Å². The molecule has 0 aliphatic carbocycles. The van der Waals surface area contributed by atoms with Gasteiger partial charge in [0.2, 0.25) is 0 Å². The van der Waals surface area contributed by atoms with Crippen molar-refractivity contribution < 1.29 is 4.39 Å². The summed E-state index contributed by atoms with van der Waals surface area (Å²) >= 11 is 0. The van der Waals surface area contributed by atoms with Gasteiger partial charge in [-0.25, -0.2) is 4.39 Å². The molecule has 1 unspecified atom stereocenters. The highest BCUT2D eigenvalue weighted by Gasteiger charge is 2.15. The molecule has 0 aliphatic heterocycles. The fourth-order valence-corrected chi connectivity index (χ4v) is 1.87. The van der Waals surface area contributed by atoms with Crippen molar-refractivity contribution >= 4 is 0 Å². The lowest BCUT2D eigenvalue weighted by molar-refractivity contribution is 0.583. The van der Waals surface area contributed by atoms with Crippen molar-refractivity contribution in [3.8, 4) is 0 Å². The maximum atomic E-state index is 13.8. The monoisotopic (exact) mass is 260 g/mol. The largest absolute Gasteiger partial charge is 0.207 e. The average Bonchev–Trinajstić information content (AvgIpc) is 2.32. The predicted octanol–water partition coefficient (Wildman–Crippen LogP) is 5.95. The molecule has 1 aromatic rings. The Morgan fingerprint density at radius 2 is 1.95 bits per heavy atom. The lowest BCUT2D eigenvalue weighted by Crippen LogP contribution is -2.03. The Labute approximate surface area is 117 Å². The molecule has 0 nitrogen and oxygen atoms in total. The van der Waals surface area contributed by atoms with Crippen LogP contribution in [0.3, 0.4) is 0 Å². The Morgan fingerprint density at radius 1 is 1.37 bits per heavy atom. The number of hydrogen-bond acceptors (Lipinski definition) is 0. The summed E-state index contributed by atoms with van der Waals surface area (Å²) < 4.78 is 13.8. The second kappa shape index (κ2) is 9.32. The summed E-state index contributed by atoms with van der Waals surface area (Å²) in [5, 5.41) is 0. The van der Waals surface area contributed by atoms with E-state index in [0.29, 0.717) is 0 Å². The maximum absolute atomic E-state index is 13.8. The Hall–Kier alpha value is -1.63. The molecule has 19 heavy (non-hydrogen) atoms. The van der Waals surface area contributed by atoms with Crippen LogP contribution in [-0.2, 0) is 0 Å². The SMILES string of the molecule is C=CC.C=CCCC(C(=C)C)c1ccc(C)cc1F. The van der Waals surface area contributed by atoms with Gasteiger partial charge in [0.05, 0.1) is 0 Å². The molecule has 0 saturated heterocycles. The molecule has 0 aromatic heterocycles. The molecular weight excluding hydrogens is 235 g/mol. The normalized spacial score (nSPS) is 10.9. The lowest BCUT2D eigenvalue weighted by Gasteiger charge is -2.17. The van der Waals surface area contributed by atoms with E-state index in [-0.39, 0.29) is 11.7 Å². The number of aryl methyl sites for hydroxylation is 1. The van der Waals surface area contributed by atoms with Crippen LogP contribution in [0.15, 0.2) is 55.7 Å². The van der Waals surface area contributed by atoms with Gasteiger partial charge in [-0.2, -0.15) is 0 Å². The van der Waals surface area contributed by atoms with E-state index < -0.39 is 0 Å². The van der Waals surface area contributed by atoms with Crippen LogP contribution in [0, 0.1) is 12.7 Å². The van der Waals surface area contributed by atoms with E-state index in [4.69, 9.17) is 0 Å². The number of rotatable bonds is 5. The van der Waals surface area contributed by atoms with Crippen molar-refractivity contribution in [2.45, 2.75) is 39.5 Å². The number of halogens is 1. The second-order valence-corrected chi connectivity index (χ2v) is 4.70. The van der Waals surface area contributed by atoms with Crippen molar-refractivity contribution in [3.63, 3.8) is 0 Å². The Bertz CT molecular complexity index is 429. The standard InChI is InChI=1S/C15H19F.C3H6/c1-5-6-7-13(11(2)3)14-9-8-12(4)10-15(14)16;1-3-2/h5,8-10,13H,1-2,6-7H2,3-4H3;3H,1H2,2H3. The molecule has 0 radical (unpaired) electrons. The molecule has 104 valence electrons. The van der Waals surface area contributed by atoms with Crippen LogP contribution in [0.4, 0.5) is 4.39 Å². The Kier molecular flexibility index (Phi) is 8.52. The van der Waals surface area contributed by atoms with Gasteiger partial charge in [0.15, 0.2) is 0 Å². The first-order chi connectivity index (χ1) is 8.97. The van der Waals surface area contributed by atoms with Crippen molar-refractivity contribution in [3.05, 3.63) is 72.6 Å². The minimum absolute atomic E-state index is 0.0959. The number of hydrogen-bond donors (Lipinski definition) is 0. The fraction of sp³-hybridized carbons (Fsp3) is 0.333. The van der Waals surface area contributed by atoms with Crippen LogP contribution in [0.1, 0.15) is 43.7 Å². The van der Waals surface area contributed by atoms with Crippen molar-refractivity contribution in [1.29, 1.82) is 0 Å². The number of allylic oxidation sites excluding steroid dienone is 3. The predicted molar refractivity (Wildman–Crippen MR) is 84.0 cm³/mol. The molecule has 0 spiro atoms. The molecule has 0 N–H and O–H groups in total. The van der Waals surface area contributed by atoms with Crippen LogP contribution in [0.25, 0.3) is 0 Å². The van der Waals surface area contributed by atoms with Crippen molar-refractivity contribution in [2.75, 3.05) is 0 Å². The first-order valence-electron chi connectivity index (χ1n) is 6.57. The molecular formula is C18H25F. The van der Waals surface area contributed by atoms with Gasteiger partial charge in [0.25, 0.3) is 0 Å². The van der Waals surface area contributed by atoms with E-state index >= 15 is 0 Å².